The van der Waals surface area contributed by atoms with Gasteiger partial charge in [-0.3, -0.25) is 4.21 Å². The van der Waals surface area contributed by atoms with Gasteiger partial charge in [-0.05, 0) is 53.2 Å². The van der Waals surface area contributed by atoms with Crippen LogP contribution < -0.4 is 5.73 Å². The van der Waals surface area contributed by atoms with Gasteiger partial charge in [0.15, 0.2) is 0 Å². The molecule has 4 heteroatoms. The Labute approximate surface area is 114 Å². The lowest BCUT2D eigenvalue weighted by atomic mass is 9.87. The van der Waals surface area contributed by atoms with Crippen molar-refractivity contribution < 1.29 is 4.21 Å². The molecule has 0 radical (unpaired) electrons. The molecular weight excluding hydrogens is 298 g/mol. The Kier molecular flexibility index (Phi) is 4.39. The topological polar surface area (TPSA) is 43.1 Å². The zero-order chi connectivity index (χ0) is 12.4. The highest BCUT2D eigenvalue weighted by Crippen LogP contribution is 2.31. The lowest BCUT2D eigenvalue weighted by Gasteiger charge is -2.31. The highest BCUT2D eigenvalue weighted by molar-refractivity contribution is 9.10. The highest BCUT2D eigenvalue weighted by Gasteiger charge is 2.31. The Bertz CT molecular complexity index is 424. The number of hydrogen-bond donors (Lipinski definition) is 1. The zero-order valence-electron chi connectivity index (χ0n) is 9.93. The second-order valence-electron chi connectivity index (χ2n) is 4.85. The summed E-state index contributed by atoms with van der Waals surface area (Å²) in [5, 5.41) is 0.0949. The summed E-state index contributed by atoms with van der Waals surface area (Å²) in [5.41, 5.74) is 6.12. The second-order valence-corrected chi connectivity index (χ2v) is 7.34. The van der Waals surface area contributed by atoms with Crippen LogP contribution in [0.5, 0.6) is 0 Å². The van der Waals surface area contributed by atoms with E-state index in [9.17, 15) is 4.21 Å². The Hall–Kier alpha value is -0.190. The fourth-order valence-electron chi connectivity index (χ4n) is 2.37. The molecule has 0 amide bonds. The third-order valence-electron chi connectivity index (χ3n) is 3.43. The summed E-state index contributed by atoms with van der Waals surface area (Å²) in [4.78, 5) is 0.877. The first-order valence-corrected chi connectivity index (χ1v) is 8.01. The number of hydrogen-bond acceptors (Lipinski definition) is 2. The summed E-state index contributed by atoms with van der Waals surface area (Å²) in [5.74, 6) is 0.631. The summed E-state index contributed by atoms with van der Waals surface area (Å²) in [6.07, 6.45) is 3.11. The van der Waals surface area contributed by atoms with Crippen molar-refractivity contribution in [1.82, 2.24) is 0 Å². The molecule has 0 saturated heterocycles. The van der Waals surface area contributed by atoms with Gasteiger partial charge in [0.1, 0.15) is 0 Å². The summed E-state index contributed by atoms with van der Waals surface area (Å²) in [7, 11) is -1.00. The predicted molar refractivity (Wildman–Crippen MR) is 75.3 cm³/mol. The van der Waals surface area contributed by atoms with Gasteiger partial charge in [-0.1, -0.05) is 19.1 Å². The van der Waals surface area contributed by atoms with E-state index in [1.165, 1.54) is 0 Å². The Morgan fingerprint density at radius 2 is 2.06 bits per heavy atom. The van der Waals surface area contributed by atoms with Crippen LogP contribution in [0.25, 0.3) is 0 Å². The van der Waals surface area contributed by atoms with Gasteiger partial charge in [-0.15, -0.1) is 0 Å². The lowest BCUT2D eigenvalue weighted by molar-refractivity contribution is 0.353. The van der Waals surface area contributed by atoms with Crippen molar-refractivity contribution in [3.05, 3.63) is 28.7 Å². The van der Waals surface area contributed by atoms with Crippen LogP contribution in [0.4, 0.5) is 0 Å². The van der Waals surface area contributed by atoms with Crippen LogP contribution in [-0.2, 0) is 10.8 Å². The fourth-order valence-corrected chi connectivity index (χ4v) is 4.89. The molecule has 2 N–H and O–H groups in total. The number of nitrogens with two attached hydrogens (primary N) is 1. The third-order valence-corrected chi connectivity index (χ3v) is 6.27. The molecule has 0 spiro atoms. The maximum absolute atomic E-state index is 12.6. The average molecular weight is 316 g/mol. The van der Waals surface area contributed by atoms with Gasteiger partial charge >= 0.3 is 0 Å². The molecule has 0 bridgehead atoms. The largest absolute Gasteiger partial charge is 0.327 e. The van der Waals surface area contributed by atoms with E-state index >= 15 is 0 Å². The molecule has 94 valence electrons. The van der Waals surface area contributed by atoms with Crippen LogP contribution in [0, 0.1) is 5.92 Å². The van der Waals surface area contributed by atoms with Gasteiger partial charge in [0.2, 0.25) is 0 Å². The van der Waals surface area contributed by atoms with Crippen molar-refractivity contribution in [2.75, 3.05) is 0 Å². The number of rotatable bonds is 2. The smallest absolute Gasteiger partial charge is 0.0588 e. The summed E-state index contributed by atoms with van der Waals surface area (Å²) < 4.78 is 13.5. The number of halogens is 1. The van der Waals surface area contributed by atoms with Crippen molar-refractivity contribution in [3.63, 3.8) is 0 Å². The Morgan fingerprint density at radius 1 is 1.35 bits per heavy atom. The van der Waals surface area contributed by atoms with E-state index in [1.54, 1.807) is 0 Å². The molecule has 1 aliphatic rings. The quantitative estimate of drug-likeness (QED) is 0.911. The van der Waals surface area contributed by atoms with Crippen LogP contribution in [0.3, 0.4) is 0 Å². The monoisotopic (exact) mass is 315 g/mol. The van der Waals surface area contributed by atoms with Gasteiger partial charge in [-0.25, -0.2) is 0 Å². The minimum Gasteiger partial charge on any atom is -0.327 e. The average Bonchev–Trinajstić information content (AvgIpc) is 2.32. The Morgan fingerprint density at radius 3 is 2.76 bits per heavy atom. The molecule has 1 saturated carbocycles. The minimum absolute atomic E-state index is 0.0686. The second kappa shape index (κ2) is 5.63. The minimum atomic E-state index is -1.00. The molecule has 0 aromatic heterocycles. The molecule has 4 unspecified atom stereocenters. The van der Waals surface area contributed by atoms with Gasteiger partial charge in [-0.2, -0.15) is 0 Å². The van der Waals surface area contributed by atoms with E-state index in [4.69, 9.17) is 5.73 Å². The molecule has 1 aromatic rings. The van der Waals surface area contributed by atoms with E-state index in [0.717, 1.165) is 28.6 Å². The molecule has 1 fully saturated rings. The van der Waals surface area contributed by atoms with E-state index < -0.39 is 10.8 Å². The SMILES string of the molecule is CC1CCC(N)C(S(=O)c2ccccc2Br)C1. The lowest BCUT2D eigenvalue weighted by Crippen LogP contribution is -2.42. The fraction of sp³-hybridized carbons (Fsp3) is 0.538. The molecule has 0 aliphatic heterocycles. The van der Waals surface area contributed by atoms with Crippen LogP contribution >= 0.6 is 15.9 Å². The molecule has 2 rings (SSSR count). The predicted octanol–water partition coefficient (Wildman–Crippen LogP) is 3.07. The maximum atomic E-state index is 12.6. The standard InChI is InChI=1S/C13H18BrNOS/c1-9-6-7-11(15)13(8-9)17(16)12-5-3-2-4-10(12)14/h2-5,9,11,13H,6-8,15H2,1H3. The molecule has 0 heterocycles. The molecule has 1 aliphatic carbocycles. The van der Waals surface area contributed by atoms with Crippen molar-refractivity contribution in [1.29, 1.82) is 0 Å². The van der Waals surface area contributed by atoms with Crippen LogP contribution in [0.2, 0.25) is 0 Å². The van der Waals surface area contributed by atoms with Gasteiger partial charge in [0.05, 0.1) is 20.9 Å². The first-order chi connectivity index (χ1) is 8.09. The first-order valence-electron chi connectivity index (χ1n) is 6.00. The van der Waals surface area contributed by atoms with E-state index in [0.29, 0.717) is 5.92 Å². The summed E-state index contributed by atoms with van der Waals surface area (Å²) in [6.45, 7) is 2.22. The third kappa shape index (κ3) is 2.98. The maximum Gasteiger partial charge on any atom is 0.0588 e. The van der Waals surface area contributed by atoms with Crippen LogP contribution in [0.15, 0.2) is 33.6 Å². The van der Waals surface area contributed by atoms with Gasteiger partial charge < -0.3 is 5.73 Å². The van der Waals surface area contributed by atoms with E-state index in [-0.39, 0.29) is 11.3 Å². The molecular formula is C13H18BrNOS. The summed E-state index contributed by atoms with van der Waals surface area (Å²) in [6, 6.07) is 7.79. The number of benzene rings is 1. The zero-order valence-corrected chi connectivity index (χ0v) is 12.3. The Balaban J connectivity index is 2.22. The van der Waals surface area contributed by atoms with Gasteiger partial charge in [0, 0.05) is 10.5 Å². The normalized spacial score (nSPS) is 31.1. The van der Waals surface area contributed by atoms with Gasteiger partial charge in [0.25, 0.3) is 0 Å². The summed E-state index contributed by atoms with van der Waals surface area (Å²) >= 11 is 3.46. The molecule has 2 nitrogen and oxygen atoms in total. The van der Waals surface area contributed by atoms with Crippen LogP contribution in [-0.4, -0.2) is 15.5 Å². The van der Waals surface area contributed by atoms with Crippen molar-refractivity contribution in [2.45, 2.75) is 42.4 Å². The highest BCUT2D eigenvalue weighted by atomic mass is 79.9. The van der Waals surface area contributed by atoms with Crippen LogP contribution in [0.1, 0.15) is 26.2 Å². The van der Waals surface area contributed by atoms with Crippen molar-refractivity contribution >= 4 is 26.7 Å². The first kappa shape index (κ1) is 13.2. The van der Waals surface area contributed by atoms with Crippen molar-refractivity contribution in [3.8, 4) is 0 Å². The molecule has 1 aromatic carbocycles. The molecule has 4 atom stereocenters. The van der Waals surface area contributed by atoms with Crippen molar-refractivity contribution in [2.24, 2.45) is 11.7 Å². The van der Waals surface area contributed by atoms with E-state index in [2.05, 4.69) is 22.9 Å². The molecule has 17 heavy (non-hydrogen) atoms. The van der Waals surface area contributed by atoms with E-state index in [1.807, 2.05) is 24.3 Å².